The fourth-order valence-corrected chi connectivity index (χ4v) is 3.96. The van der Waals surface area contributed by atoms with Crippen molar-refractivity contribution < 1.29 is 4.79 Å². The van der Waals surface area contributed by atoms with Crippen molar-refractivity contribution in [2.45, 2.75) is 18.4 Å². The molecule has 0 saturated carbocycles. The van der Waals surface area contributed by atoms with Crippen molar-refractivity contribution in [2.75, 3.05) is 5.32 Å². The maximum atomic E-state index is 12.7. The number of hydrogen-bond donors (Lipinski definition) is 1. The molecule has 1 aliphatic rings. The van der Waals surface area contributed by atoms with Crippen molar-refractivity contribution in [1.82, 2.24) is 9.78 Å². The lowest BCUT2D eigenvalue weighted by Crippen LogP contribution is -2.16. The number of aromatic nitrogens is 2. The zero-order valence-corrected chi connectivity index (χ0v) is 15.2. The van der Waals surface area contributed by atoms with Crippen LogP contribution in [-0.2, 0) is 11.5 Å². The number of rotatable bonds is 3. The summed E-state index contributed by atoms with van der Waals surface area (Å²) in [6, 6.07) is 15.0. The molecule has 1 N–H and O–H groups in total. The number of anilines is 1. The Kier molecular flexibility index (Phi) is 4.27. The summed E-state index contributed by atoms with van der Waals surface area (Å²) in [7, 11) is 0. The Balaban J connectivity index is 1.72. The number of thioether (sulfide) groups is 1. The molecule has 0 atom stereocenters. The summed E-state index contributed by atoms with van der Waals surface area (Å²) in [4.78, 5) is 12.7. The van der Waals surface area contributed by atoms with Gasteiger partial charge in [-0.1, -0.05) is 29.3 Å². The molecule has 4 nitrogen and oxygen atoms in total. The smallest absolute Gasteiger partial charge is 0.256 e. The Morgan fingerprint density at radius 1 is 1.12 bits per heavy atom. The van der Waals surface area contributed by atoms with Crippen LogP contribution in [0.25, 0.3) is 5.69 Å². The molecule has 1 amide bonds. The van der Waals surface area contributed by atoms with Gasteiger partial charge < -0.3 is 5.32 Å². The van der Waals surface area contributed by atoms with Crippen LogP contribution in [0.2, 0.25) is 5.02 Å². The van der Waals surface area contributed by atoms with Crippen molar-refractivity contribution in [3.05, 3.63) is 75.9 Å². The normalized spacial score (nSPS) is 12.9. The van der Waals surface area contributed by atoms with Crippen LogP contribution in [0.15, 0.2) is 48.5 Å². The lowest BCUT2D eigenvalue weighted by Gasteiger charge is -2.11. The molecule has 4 rings (SSSR count). The predicted molar refractivity (Wildman–Crippen MR) is 103 cm³/mol. The van der Waals surface area contributed by atoms with Gasteiger partial charge in [-0.25, -0.2) is 4.68 Å². The van der Waals surface area contributed by atoms with Crippen molar-refractivity contribution in [3.8, 4) is 5.69 Å². The van der Waals surface area contributed by atoms with Gasteiger partial charge in [-0.3, -0.25) is 4.79 Å². The molecule has 2 heterocycles. The van der Waals surface area contributed by atoms with Gasteiger partial charge >= 0.3 is 0 Å². The van der Waals surface area contributed by atoms with Crippen LogP contribution < -0.4 is 5.32 Å². The lowest BCUT2D eigenvalue weighted by molar-refractivity contribution is 0.102. The van der Waals surface area contributed by atoms with Crippen molar-refractivity contribution >= 4 is 35.1 Å². The molecule has 6 heteroatoms. The zero-order chi connectivity index (χ0) is 17.4. The molecule has 25 heavy (non-hydrogen) atoms. The quantitative estimate of drug-likeness (QED) is 0.719. The first kappa shape index (κ1) is 16.2. The Bertz CT molecular complexity index is 933. The average molecular weight is 370 g/mol. The van der Waals surface area contributed by atoms with E-state index in [1.807, 2.05) is 47.6 Å². The molecular formula is C19H16ClN3OS. The molecule has 0 fully saturated rings. The van der Waals surface area contributed by atoms with Crippen molar-refractivity contribution in [3.63, 3.8) is 0 Å². The van der Waals surface area contributed by atoms with Gasteiger partial charge in [0.15, 0.2) is 0 Å². The lowest BCUT2D eigenvalue weighted by atomic mass is 10.2. The van der Waals surface area contributed by atoms with Gasteiger partial charge in [-0.2, -0.15) is 16.9 Å². The van der Waals surface area contributed by atoms with E-state index in [0.717, 1.165) is 34.3 Å². The second-order valence-corrected chi connectivity index (χ2v) is 7.40. The minimum atomic E-state index is -0.162. The summed E-state index contributed by atoms with van der Waals surface area (Å²) in [6.07, 6.45) is 0. The van der Waals surface area contributed by atoms with Crippen LogP contribution >= 0.6 is 23.4 Å². The largest absolute Gasteiger partial charge is 0.306 e. The minimum absolute atomic E-state index is 0.162. The third-order valence-corrected chi connectivity index (χ3v) is 5.39. The average Bonchev–Trinajstić information content (AvgIpc) is 3.19. The van der Waals surface area contributed by atoms with E-state index in [-0.39, 0.29) is 5.91 Å². The summed E-state index contributed by atoms with van der Waals surface area (Å²) in [5.41, 5.74) is 4.84. The Morgan fingerprint density at radius 3 is 2.56 bits per heavy atom. The third kappa shape index (κ3) is 3.17. The Hall–Kier alpha value is -2.24. The third-order valence-electron chi connectivity index (χ3n) is 4.17. The van der Waals surface area contributed by atoms with Gasteiger partial charge in [-0.05, 0) is 43.3 Å². The number of amides is 1. The molecule has 0 unspecified atom stereocenters. The van der Waals surface area contributed by atoms with E-state index < -0.39 is 0 Å². The van der Waals surface area contributed by atoms with Gasteiger partial charge in [0.25, 0.3) is 5.91 Å². The summed E-state index contributed by atoms with van der Waals surface area (Å²) in [5, 5.41) is 8.37. The van der Waals surface area contributed by atoms with Gasteiger partial charge in [0.1, 0.15) is 5.82 Å². The highest BCUT2D eigenvalue weighted by Gasteiger charge is 2.25. The van der Waals surface area contributed by atoms with Crippen LogP contribution in [0.4, 0.5) is 5.82 Å². The first-order valence-electron chi connectivity index (χ1n) is 7.94. The minimum Gasteiger partial charge on any atom is -0.306 e. The molecule has 0 bridgehead atoms. The first-order chi connectivity index (χ1) is 12.1. The second kappa shape index (κ2) is 6.58. The van der Waals surface area contributed by atoms with Gasteiger partial charge in [-0.15, -0.1) is 0 Å². The van der Waals surface area contributed by atoms with E-state index in [2.05, 4.69) is 5.32 Å². The highest BCUT2D eigenvalue weighted by Crippen LogP contribution is 2.36. The van der Waals surface area contributed by atoms with Crippen LogP contribution in [0.3, 0.4) is 0 Å². The van der Waals surface area contributed by atoms with Gasteiger partial charge in [0.05, 0.1) is 11.4 Å². The maximum absolute atomic E-state index is 12.7. The number of aryl methyl sites for hydroxylation is 1. The van der Waals surface area contributed by atoms with Crippen LogP contribution in [0, 0.1) is 6.92 Å². The standard InChI is InChI=1S/C19H16ClN3OS/c1-12-2-8-15(9-3-12)23-18(16-10-25-11-17(16)22-23)21-19(24)13-4-6-14(20)7-5-13/h2-9H,10-11H2,1H3,(H,21,24). The highest BCUT2D eigenvalue weighted by atomic mass is 35.5. The summed E-state index contributed by atoms with van der Waals surface area (Å²) in [5.74, 6) is 2.32. The molecule has 0 aliphatic carbocycles. The number of nitrogens with one attached hydrogen (secondary N) is 1. The monoisotopic (exact) mass is 369 g/mol. The van der Waals surface area contributed by atoms with E-state index in [1.165, 1.54) is 5.56 Å². The summed E-state index contributed by atoms with van der Waals surface area (Å²) < 4.78 is 1.83. The molecule has 0 radical (unpaired) electrons. The number of hydrogen-bond acceptors (Lipinski definition) is 3. The molecule has 2 aromatic carbocycles. The number of carbonyl (C=O) groups excluding carboxylic acids is 1. The fourth-order valence-electron chi connectivity index (χ4n) is 2.80. The fraction of sp³-hybridized carbons (Fsp3) is 0.158. The van der Waals surface area contributed by atoms with Crippen molar-refractivity contribution in [1.29, 1.82) is 0 Å². The Morgan fingerprint density at radius 2 is 1.84 bits per heavy atom. The topological polar surface area (TPSA) is 46.9 Å². The number of carbonyl (C=O) groups is 1. The summed E-state index contributed by atoms with van der Waals surface area (Å²) >= 11 is 7.72. The van der Waals surface area contributed by atoms with Crippen LogP contribution in [0.5, 0.6) is 0 Å². The Labute approximate surface area is 155 Å². The van der Waals surface area contributed by atoms with Gasteiger partial charge in [0.2, 0.25) is 0 Å². The molecule has 0 spiro atoms. The number of halogens is 1. The van der Waals surface area contributed by atoms with Gasteiger partial charge in [0, 0.05) is 27.7 Å². The van der Waals surface area contributed by atoms with E-state index in [9.17, 15) is 4.79 Å². The zero-order valence-electron chi connectivity index (χ0n) is 13.6. The molecule has 0 saturated heterocycles. The SMILES string of the molecule is Cc1ccc(-n2nc3c(c2NC(=O)c2ccc(Cl)cc2)CSC3)cc1. The molecule has 3 aromatic rings. The molecule has 126 valence electrons. The predicted octanol–water partition coefficient (Wildman–Crippen LogP) is 4.83. The number of fused-ring (bicyclic) bond motifs is 1. The number of benzene rings is 2. The maximum Gasteiger partial charge on any atom is 0.256 e. The molecule has 1 aromatic heterocycles. The van der Waals surface area contributed by atoms with E-state index >= 15 is 0 Å². The van der Waals surface area contributed by atoms with E-state index in [1.54, 1.807) is 24.3 Å². The number of nitrogens with zero attached hydrogens (tertiary/aromatic N) is 2. The summed E-state index contributed by atoms with van der Waals surface area (Å²) in [6.45, 7) is 2.05. The van der Waals surface area contributed by atoms with Crippen LogP contribution in [0.1, 0.15) is 27.2 Å². The highest BCUT2D eigenvalue weighted by molar-refractivity contribution is 7.98. The second-order valence-electron chi connectivity index (χ2n) is 5.98. The van der Waals surface area contributed by atoms with E-state index in [4.69, 9.17) is 16.7 Å². The first-order valence-corrected chi connectivity index (χ1v) is 9.47. The molecule has 1 aliphatic heterocycles. The van der Waals surface area contributed by atoms with E-state index in [0.29, 0.717) is 10.6 Å². The molecular weight excluding hydrogens is 354 g/mol. The van der Waals surface area contributed by atoms with Crippen molar-refractivity contribution in [2.24, 2.45) is 0 Å². The van der Waals surface area contributed by atoms with Crippen LogP contribution in [-0.4, -0.2) is 15.7 Å².